The van der Waals surface area contributed by atoms with E-state index in [1.807, 2.05) is 19.1 Å². The van der Waals surface area contributed by atoms with Crippen LogP contribution in [-0.2, 0) is 0 Å². The van der Waals surface area contributed by atoms with Gasteiger partial charge in [-0.25, -0.2) is 0 Å². The van der Waals surface area contributed by atoms with E-state index in [-0.39, 0.29) is 5.92 Å². The first-order valence-corrected chi connectivity index (χ1v) is 4.42. The maximum Gasteiger partial charge on any atom is 0.0671 e. The molecule has 0 saturated carbocycles. The van der Waals surface area contributed by atoms with Crippen LogP contribution in [0.15, 0.2) is 24.3 Å². The average molecular weight is 174 g/mol. The summed E-state index contributed by atoms with van der Waals surface area (Å²) in [5.41, 5.74) is 2.33. The van der Waals surface area contributed by atoms with E-state index in [9.17, 15) is 0 Å². The molecule has 1 rings (SSSR count). The second-order valence-corrected chi connectivity index (χ2v) is 3.28. The Morgan fingerprint density at radius 1 is 1.38 bits per heavy atom. The lowest BCUT2D eigenvalue weighted by Gasteiger charge is -2.07. The summed E-state index contributed by atoms with van der Waals surface area (Å²) in [5, 5.41) is 11.8. The van der Waals surface area contributed by atoms with Gasteiger partial charge in [0.1, 0.15) is 0 Å². The molecule has 2 heteroatoms. The summed E-state index contributed by atoms with van der Waals surface area (Å²) < 4.78 is 0. The van der Waals surface area contributed by atoms with Crippen molar-refractivity contribution in [3.63, 3.8) is 0 Å². The van der Waals surface area contributed by atoms with E-state index < -0.39 is 0 Å². The number of aryl methyl sites for hydroxylation is 1. The third-order valence-electron chi connectivity index (χ3n) is 1.88. The molecule has 0 aliphatic heterocycles. The maximum absolute atomic E-state index is 8.57. The predicted molar refractivity (Wildman–Crippen MR) is 54.4 cm³/mol. The van der Waals surface area contributed by atoms with Crippen LogP contribution >= 0.6 is 0 Å². The van der Waals surface area contributed by atoms with Gasteiger partial charge < -0.3 is 5.32 Å². The fourth-order valence-corrected chi connectivity index (χ4v) is 0.988. The average Bonchev–Trinajstić information content (AvgIpc) is 2.16. The van der Waals surface area contributed by atoms with Crippen molar-refractivity contribution in [1.29, 1.82) is 5.26 Å². The topological polar surface area (TPSA) is 35.8 Å². The lowest BCUT2D eigenvalue weighted by molar-refractivity contribution is 0.786. The van der Waals surface area contributed by atoms with Crippen molar-refractivity contribution in [3.8, 4) is 6.07 Å². The zero-order valence-corrected chi connectivity index (χ0v) is 8.04. The molecular weight excluding hydrogens is 160 g/mol. The molecule has 0 aromatic heterocycles. The van der Waals surface area contributed by atoms with Crippen LogP contribution in [0.25, 0.3) is 0 Å². The summed E-state index contributed by atoms with van der Waals surface area (Å²) in [5.74, 6) is 0.0568. The first-order chi connectivity index (χ1) is 6.22. The largest absolute Gasteiger partial charge is 0.384 e. The second-order valence-electron chi connectivity index (χ2n) is 3.28. The van der Waals surface area contributed by atoms with Crippen LogP contribution < -0.4 is 5.32 Å². The van der Waals surface area contributed by atoms with Crippen molar-refractivity contribution in [3.05, 3.63) is 29.8 Å². The summed E-state index contributed by atoms with van der Waals surface area (Å²) in [7, 11) is 0. The molecule has 0 aliphatic carbocycles. The van der Waals surface area contributed by atoms with Gasteiger partial charge in [-0.3, -0.25) is 0 Å². The molecule has 1 unspecified atom stereocenters. The van der Waals surface area contributed by atoms with Gasteiger partial charge in [0.15, 0.2) is 0 Å². The molecule has 0 amide bonds. The molecule has 2 nitrogen and oxygen atoms in total. The van der Waals surface area contributed by atoms with Crippen molar-refractivity contribution in [2.24, 2.45) is 5.92 Å². The van der Waals surface area contributed by atoms with Crippen LogP contribution in [0.5, 0.6) is 0 Å². The molecule has 68 valence electrons. The van der Waals surface area contributed by atoms with Crippen LogP contribution in [0.3, 0.4) is 0 Å². The summed E-state index contributed by atoms with van der Waals surface area (Å²) >= 11 is 0. The van der Waals surface area contributed by atoms with Gasteiger partial charge >= 0.3 is 0 Å². The fourth-order valence-electron chi connectivity index (χ4n) is 0.988. The Morgan fingerprint density at radius 2 is 2.00 bits per heavy atom. The lowest BCUT2D eigenvalue weighted by Crippen LogP contribution is -2.08. The second kappa shape index (κ2) is 4.51. The smallest absolute Gasteiger partial charge is 0.0671 e. The number of hydrogen-bond donors (Lipinski definition) is 1. The minimum Gasteiger partial charge on any atom is -0.384 e. The quantitative estimate of drug-likeness (QED) is 0.764. The van der Waals surface area contributed by atoms with E-state index in [2.05, 4.69) is 30.4 Å². The number of rotatable bonds is 3. The van der Waals surface area contributed by atoms with Gasteiger partial charge in [-0.2, -0.15) is 5.26 Å². The molecule has 0 bridgehead atoms. The molecule has 1 N–H and O–H groups in total. The Kier molecular flexibility index (Phi) is 3.33. The molecule has 1 aromatic rings. The van der Waals surface area contributed by atoms with Crippen LogP contribution in [-0.4, -0.2) is 6.54 Å². The standard InChI is InChI=1S/C11H14N2/c1-9-3-5-11(6-4-9)13-8-10(2)7-12/h3-6,10,13H,8H2,1-2H3. The minimum absolute atomic E-state index is 0.0568. The van der Waals surface area contributed by atoms with E-state index >= 15 is 0 Å². The van der Waals surface area contributed by atoms with Gasteiger partial charge in [0.05, 0.1) is 12.0 Å². The third-order valence-corrected chi connectivity index (χ3v) is 1.88. The lowest BCUT2D eigenvalue weighted by atomic mass is 10.2. The molecule has 0 radical (unpaired) electrons. The Hall–Kier alpha value is -1.49. The summed E-state index contributed by atoms with van der Waals surface area (Å²) in [4.78, 5) is 0. The van der Waals surface area contributed by atoms with Gasteiger partial charge in [0.2, 0.25) is 0 Å². The summed E-state index contributed by atoms with van der Waals surface area (Å²) in [6.45, 7) is 4.67. The molecule has 0 aliphatic rings. The molecule has 13 heavy (non-hydrogen) atoms. The SMILES string of the molecule is Cc1ccc(NCC(C)C#N)cc1. The van der Waals surface area contributed by atoms with E-state index in [4.69, 9.17) is 5.26 Å². The van der Waals surface area contributed by atoms with Crippen LogP contribution in [0, 0.1) is 24.2 Å². The molecule has 1 aromatic carbocycles. The number of benzene rings is 1. The molecule has 1 atom stereocenters. The van der Waals surface area contributed by atoms with Crippen molar-refractivity contribution >= 4 is 5.69 Å². The number of nitrogens with one attached hydrogen (secondary N) is 1. The highest BCUT2D eigenvalue weighted by molar-refractivity contribution is 5.44. The van der Waals surface area contributed by atoms with E-state index in [0.717, 1.165) is 5.69 Å². The summed E-state index contributed by atoms with van der Waals surface area (Å²) in [6.07, 6.45) is 0. The Balaban J connectivity index is 2.47. The van der Waals surface area contributed by atoms with Crippen molar-refractivity contribution in [2.75, 3.05) is 11.9 Å². The minimum atomic E-state index is 0.0568. The van der Waals surface area contributed by atoms with E-state index in [0.29, 0.717) is 6.54 Å². The molecular formula is C11H14N2. The monoisotopic (exact) mass is 174 g/mol. The van der Waals surface area contributed by atoms with E-state index in [1.54, 1.807) is 0 Å². The number of nitriles is 1. The summed E-state index contributed by atoms with van der Waals surface area (Å²) in [6, 6.07) is 10.3. The Labute approximate surface area is 79.2 Å². The number of hydrogen-bond acceptors (Lipinski definition) is 2. The predicted octanol–water partition coefficient (Wildman–Crippen LogP) is 2.57. The third kappa shape index (κ3) is 3.16. The maximum atomic E-state index is 8.57. The van der Waals surface area contributed by atoms with Crippen LogP contribution in [0.2, 0.25) is 0 Å². The van der Waals surface area contributed by atoms with Crippen molar-refractivity contribution < 1.29 is 0 Å². The normalized spacial score (nSPS) is 11.8. The highest BCUT2D eigenvalue weighted by Gasteiger charge is 1.97. The van der Waals surface area contributed by atoms with Gasteiger partial charge in [-0.15, -0.1) is 0 Å². The number of anilines is 1. The molecule has 0 spiro atoms. The highest BCUT2D eigenvalue weighted by atomic mass is 14.9. The molecule has 0 fully saturated rings. The first-order valence-electron chi connectivity index (χ1n) is 4.42. The number of nitrogens with zero attached hydrogens (tertiary/aromatic N) is 1. The van der Waals surface area contributed by atoms with Gasteiger partial charge in [-0.1, -0.05) is 17.7 Å². The zero-order valence-electron chi connectivity index (χ0n) is 8.04. The van der Waals surface area contributed by atoms with Crippen LogP contribution in [0.4, 0.5) is 5.69 Å². The Morgan fingerprint density at radius 3 is 2.54 bits per heavy atom. The Bertz CT molecular complexity index is 295. The van der Waals surface area contributed by atoms with Gasteiger partial charge in [0, 0.05) is 12.2 Å². The van der Waals surface area contributed by atoms with Gasteiger partial charge in [-0.05, 0) is 26.0 Å². The van der Waals surface area contributed by atoms with Crippen LogP contribution in [0.1, 0.15) is 12.5 Å². The van der Waals surface area contributed by atoms with Gasteiger partial charge in [0.25, 0.3) is 0 Å². The highest BCUT2D eigenvalue weighted by Crippen LogP contribution is 2.08. The first kappa shape index (κ1) is 9.60. The van der Waals surface area contributed by atoms with E-state index in [1.165, 1.54) is 5.56 Å². The zero-order chi connectivity index (χ0) is 9.68. The van der Waals surface area contributed by atoms with Crippen molar-refractivity contribution in [1.82, 2.24) is 0 Å². The fraction of sp³-hybridized carbons (Fsp3) is 0.364. The molecule has 0 saturated heterocycles. The molecule has 0 heterocycles. The van der Waals surface area contributed by atoms with Crippen molar-refractivity contribution in [2.45, 2.75) is 13.8 Å².